The van der Waals surface area contributed by atoms with Gasteiger partial charge in [-0.2, -0.15) is 0 Å². The number of rotatable bonds is 2. The van der Waals surface area contributed by atoms with E-state index in [1.54, 1.807) is 0 Å². The van der Waals surface area contributed by atoms with Crippen molar-refractivity contribution in [3.05, 3.63) is 143 Å². The summed E-state index contributed by atoms with van der Waals surface area (Å²) in [4.78, 5) is 0. The SMILES string of the molecule is C1=Cc2c(-c3ccc4c(c3-c3ccc5cccc6c5c3C=CC6)Cc3ccccc3-4)ccc3cccc(c23)C1. The second-order valence-electron chi connectivity index (χ2n) is 11.1. The molecule has 0 saturated carbocycles. The van der Waals surface area contributed by atoms with Gasteiger partial charge in [0, 0.05) is 0 Å². The molecule has 0 nitrogen and oxygen atoms in total. The lowest BCUT2D eigenvalue weighted by Crippen LogP contribution is -2.01. The van der Waals surface area contributed by atoms with Crippen LogP contribution in [0.5, 0.6) is 0 Å². The molecule has 6 aromatic rings. The summed E-state index contributed by atoms with van der Waals surface area (Å²) in [6, 6.07) is 36.6. The molecule has 182 valence electrons. The Labute approximate surface area is 228 Å². The summed E-state index contributed by atoms with van der Waals surface area (Å²) >= 11 is 0. The monoisotopic (exact) mass is 494 g/mol. The molecule has 6 aromatic carbocycles. The van der Waals surface area contributed by atoms with Gasteiger partial charge in [-0.3, -0.25) is 0 Å². The van der Waals surface area contributed by atoms with Crippen molar-refractivity contribution in [3.63, 3.8) is 0 Å². The van der Waals surface area contributed by atoms with E-state index in [4.69, 9.17) is 0 Å². The molecule has 0 spiro atoms. The van der Waals surface area contributed by atoms with E-state index in [9.17, 15) is 0 Å². The van der Waals surface area contributed by atoms with Crippen LogP contribution in [0.4, 0.5) is 0 Å². The lowest BCUT2D eigenvalue weighted by molar-refractivity contribution is 1.26. The van der Waals surface area contributed by atoms with E-state index in [-0.39, 0.29) is 0 Å². The second kappa shape index (κ2) is 7.91. The molecule has 9 rings (SSSR count). The van der Waals surface area contributed by atoms with Crippen LogP contribution in [-0.2, 0) is 19.3 Å². The fourth-order valence-corrected chi connectivity index (χ4v) is 7.46. The van der Waals surface area contributed by atoms with Gasteiger partial charge in [-0.05, 0) is 108 Å². The first kappa shape index (κ1) is 21.3. The van der Waals surface area contributed by atoms with Gasteiger partial charge >= 0.3 is 0 Å². The zero-order valence-electron chi connectivity index (χ0n) is 21.7. The van der Waals surface area contributed by atoms with E-state index in [1.807, 2.05) is 0 Å². The summed E-state index contributed by atoms with van der Waals surface area (Å²) in [7, 11) is 0. The molecule has 39 heavy (non-hydrogen) atoms. The van der Waals surface area contributed by atoms with Crippen LogP contribution in [0.25, 0.3) is 67.1 Å². The number of hydrogen-bond donors (Lipinski definition) is 0. The highest BCUT2D eigenvalue weighted by Crippen LogP contribution is 2.50. The van der Waals surface area contributed by atoms with Gasteiger partial charge in [0.05, 0.1) is 0 Å². The molecular weight excluding hydrogens is 468 g/mol. The Bertz CT molecular complexity index is 2080. The second-order valence-corrected chi connectivity index (χ2v) is 11.1. The maximum atomic E-state index is 2.40. The van der Waals surface area contributed by atoms with Gasteiger partial charge < -0.3 is 0 Å². The molecule has 0 aliphatic heterocycles. The van der Waals surface area contributed by atoms with Crippen LogP contribution in [0.1, 0.15) is 33.4 Å². The number of benzene rings is 6. The Morgan fingerprint density at radius 2 is 1.00 bits per heavy atom. The Morgan fingerprint density at radius 1 is 0.410 bits per heavy atom. The van der Waals surface area contributed by atoms with Crippen molar-refractivity contribution in [2.75, 3.05) is 0 Å². The molecule has 0 heteroatoms. The number of allylic oxidation sites excluding steroid dienone is 2. The molecule has 0 N–H and O–H groups in total. The van der Waals surface area contributed by atoms with E-state index in [0.717, 1.165) is 19.3 Å². The molecule has 0 atom stereocenters. The van der Waals surface area contributed by atoms with E-state index in [0.29, 0.717) is 0 Å². The fourth-order valence-electron chi connectivity index (χ4n) is 7.46. The Hall–Kier alpha value is -4.68. The maximum Gasteiger partial charge on any atom is -0.000706 e. The van der Waals surface area contributed by atoms with Gasteiger partial charge in [0.1, 0.15) is 0 Å². The standard InChI is InChI=1S/C39H26/c1-2-14-29-28(7-1)23-36-30(29)21-22-34(31-19-17-26-10-3-8-24-12-5-15-32(31)37(24)26)39(36)35-20-18-27-11-4-9-25-13-6-16-33(35)38(25)27/h1-11,14-22H,12-13,23H2. The van der Waals surface area contributed by atoms with E-state index >= 15 is 0 Å². The van der Waals surface area contributed by atoms with Crippen LogP contribution in [-0.4, -0.2) is 0 Å². The quantitative estimate of drug-likeness (QED) is 0.224. The van der Waals surface area contributed by atoms with Gasteiger partial charge in [0.2, 0.25) is 0 Å². The molecule has 0 fully saturated rings. The smallest absolute Gasteiger partial charge is 0.000706 e. The normalized spacial score (nSPS) is 14.2. The van der Waals surface area contributed by atoms with Crippen LogP contribution in [0.3, 0.4) is 0 Å². The van der Waals surface area contributed by atoms with Gasteiger partial charge in [-0.1, -0.05) is 121 Å². The minimum absolute atomic E-state index is 0.974. The van der Waals surface area contributed by atoms with E-state index in [2.05, 4.69) is 121 Å². The maximum absolute atomic E-state index is 2.40. The van der Waals surface area contributed by atoms with Crippen LogP contribution < -0.4 is 0 Å². The van der Waals surface area contributed by atoms with Gasteiger partial charge in [0.25, 0.3) is 0 Å². The van der Waals surface area contributed by atoms with Crippen LogP contribution in [0.15, 0.2) is 109 Å². The highest BCUT2D eigenvalue weighted by molar-refractivity contribution is 6.07. The third-order valence-corrected chi connectivity index (χ3v) is 9.14. The average molecular weight is 495 g/mol. The predicted octanol–water partition coefficient (Wildman–Crippen LogP) is 10.0. The molecule has 0 bridgehead atoms. The van der Waals surface area contributed by atoms with Crippen LogP contribution >= 0.6 is 0 Å². The topological polar surface area (TPSA) is 0 Å². The largest absolute Gasteiger partial charge is 0.0795 e. The molecule has 3 aliphatic rings. The summed E-state index contributed by atoms with van der Waals surface area (Å²) in [5, 5.41) is 5.49. The minimum atomic E-state index is 0.974. The summed E-state index contributed by atoms with van der Waals surface area (Å²) in [6.07, 6.45) is 12.4. The summed E-state index contributed by atoms with van der Waals surface area (Å²) in [5.74, 6) is 0. The third-order valence-electron chi connectivity index (χ3n) is 9.14. The van der Waals surface area contributed by atoms with Gasteiger partial charge in [-0.25, -0.2) is 0 Å². The van der Waals surface area contributed by atoms with Crippen molar-refractivity contribution < 1.29 is 0 Å². The summed E-state index contributed by atoms with van der Waals surface area (Å²) < 4.78 is 0. The summed E-state index contributed by atoms with van der Waals surface area (Å²) in [5.41, 5.74) is 16.7. The average Bonchev–Trinajstić information content (AvgIpc) is 3.37. The lowest BCUT2D eigenvalue weighted by atomic mass is 9.80. The van der Waals surface area contributed by atoms with Crippen molar-refractivity contribution in [3.8, 4) is 33.4 Å². The first-order chi connectivity index (χ1) is 19.3. The number of fused-ring (bicyclic) bond motifs is 3. The van der Waals surface area contributed by atoms with Gasteiger partial charge in [-0.15, -0.1) is 0 Å². The lowest BCUT2D eigenvalue weighted by Gasteiger charge is -2.23. The highest BCUT2D eigenvalue weighted by atomic mass is 14.3. The molecular formula is C39H26. The zero-order chi connectivity index (χ0) is 25.5. The van der Waals surface area contributed by atoms with Crippen molar-refractivity contribution in [2.45, 2.75) is 19.3 Å². The summed E-state index contributed by atoms with van der Waals surface area (Å²) in [6.45, 7) is 0. The number of hydrogen-bond acceptors (Lipinski definition) is 0. The Morgan fingerprint density at radius 3 is 1.74 bits per heavy atom. The Kier molecular flexibility index (Phi) is 4.32. The molecule has 3 aliphatic carbocycles. The minimum Gasteiger partial charge on any atom is -0.0795 e. The molecule has 0 amide bonds. The highest BCUT2D eigenvalue weighted by Gasteiger charge is 2.27. The van der Waals surface area contributed by atoms with Gasteiger partial charge in [0.15, 0.2) is 0 Å². The van der Waals surface area contributed by atoms with E-state index in [1.165, 1.54) is 88.3 Å². The Balaban J connectivity index is 1.41. The molecule has 0 radical (unpaired) electrons. The first-order valence-corrected chi connectivity index (χ1v) is 14.0. The molecule has 0 heterocycles. The predicted molar refractivity (Wildman–Crippen MR) is 166 cm³/mol. The van der Waals surface area contributed by atoms with Crippen molar-refractivity contribution in [1.82, 2.24) is 0 Å². The zero-order valence-corrected chi connectivity index (χ0v) is 21.7. The molecule has 0 aromatic heterocycles. The van der Waals surface area contributed by atoms with E-state index < -0.39 is 0 Å². The van der Waals surface area contributed by atoms with Crippen molar-refractivity contribution >= 4 is 33.7 Å². The van der Waals surface area contributed by atoms with Crippen LogP contribution in [0.2, 0.25) is 0 Å². The van der Waals surface area contributed by atoms with Crippen molar-refractivity contribution in [2.24, 2.45) is 0 Å². The van der Waals surface area contributed by atoms with Crippen LogP contribution in [0, 0.1) is 0 Å². The molecule has 0 unspecified atom stereocenters. The first-order valence-electron chi connectivity index (χ1n) is 14.0. The fraction of sp³-hybridized carbons (Fsp3) is 0.0769. The molecule has 0 saturated heterocycles. The third kappa shape index (κ3) is 2.95. The van der Waals surface area contributed by atoms with Crippen molar-refractivity contribution in [1.29, 1.82) is 0 Å².